The van der Waals surface area contributed by atoms with Crippen LogP contribution in [-0.4, -0.2) is 31.6 Å². The fourth-order valence-electron chi connectivity index (χ4n) is 4.17. The molecule has 3 rings (SSSR count). The molecule has 0 aromatic heterocycles. The van der Waals surface area contributed by atoms with Gasteiger partial charge in [0, 0.05) is 30.0 Å². The maximum atomic E-state index is 12.9. The third kappa shape index (κ3) is 6.00. The standard InChI is InChI=1S/C27H34N2O3/c1-4-10-23(26-20(3)11-9-12-24(26)29-17-7-6-8-18-29)28-25(30)19-21-13-15-22(16-14-21)27(31)32-5-2/h9-16H,4-8,17-19H2,1-3H3,(H,28,30). The molecule has 32 heavy (non-hydrogen) atoms. The molecule has 1 N–H and O–H groups in total. The summed E-state index contributed by atoms with van der Waals surface area (Å²) < 4.78 is 5.02. The summed E-state index contributed by atoms with van der Waals surface area (Å²) in [6.07, 6.45) is 6.86. The fraction of sp³-hybridized carbons (Fsp3) is 0.407. The minimum Gasteiger partial charge on any atom is -0.462 e. The topological polar surface area (TPSA) is 58.6 Å². The van der Waals surface area contributed by atoms with Crippen LogP contribution in [0, 0.1) is 6.92 Å². The van der Waals surface area contributed by atoms with Gasteiger partial charge in [-0.1, -0.05) is 37.3 Å². The lowest BCUT2D eigenvalue weighted by Crippen LogP contribution is -2.31. The van der Waals surface area contributed by atoms with Gasteiger partial charge in [-0.25, -0.2) is 4.79 Å². The second-order valence-corrected chi connectivity index (χ2v) is 8.19. The van der Waals surface area contributed by atoms with E-state index in [1.807, 2.05) is 12.1 Å². The van der Waals surface area contributed by atoms with Crippen LogP contribution in [0.1, 0.15) is 66.6 Å². The number of allylic oxidation sites excluding steroid dienone is 1. The van der Waals surface area contributed by atoms with Crippen LogP contribution >= 0.6 is 0 Å². The van der Waals surface area contributed by atoms with Crippen LogP contribution in [-0.2, 0) is 16.0 Å². The van der Waals surface area contributed by atoms with Crippen LogP contribution in [0.25, 0.3) is 5.70 Å². The molecule has 0 spiro atoms. The van der Waals surface area contributed by atoms with Gasteiger partial charge in [-0.15, -0.1) is 0 Å². The van der Waals surface area contributed by atoms with Gasteiger partial charge in [-0.2, -0.15) is 0 Å². The van der Waals surface area contributed by atoms with Gasteiger partial charge in [0.2, 0.25) is 5.91 Å². The molecule has 2 aromatic carbocycles. The summed E-state index contributed by atoms with van der Waals surface area (Å²) in [6, 6.07) is 13.4. The maximum absolute atomic E-state index is 12.9. The van der Waals surface area contributed by atoms with Crippen LogP contribution in [0.2, 0.25) is 0 Å². The highest BCUT2D eigenvalue weighted by molar-refractivity contribution is 5.92. The predicted octanol–water partition coefficient (Wildman–Crippen LogP) is 5.27. The van der Waals surface area contributed by atoms with Crippen molar-refractivity contribution in [2.45, 2.75) is 52.9 Å². The first kappa shape index (κ1) is 23.6. The Morgan fingerprint density at radius 1 is 1.03 bits per heavy atom. The number of hydrogen-bond acceptors (Lipinski definition) is 4. The summed E-state index contributed by atoms with van der Waals surface area (Å²) in [7, 11) is 0. The molecule has 1 amide bonds. The van der Waals surface area contributed by atoms with Crippen LogP contribution in [0.3, 0.4) is 0 Å². The van der Waals surface area contributed by atoms with Gasteiger partial charge >= 0.3 is 5.97 Å². The third-order valence-corrected chi connectivity index (χ3v) is 5.73. The largest absolute Gasteiger partial charge is 0.462 e. The van der Waals surface area contributed by atoms with Crippen molar-refractivity contribution in [3.05, 3.63) is 70.8 Å². The molecule has 5 nitrogen and oxygen atoms in total. The van der Waals surface area contributed by atoms with Crippen LogP contribution in [0.4, 0.5) is 5.69 Å². The van der Waals surface area contributed by atoms with Gasteiger partial charge in [0.15, 0.2) is 0 Å². The second-order valence-electron chi connectivity index (χ2n) is 8.19. The summed E-state index contributed by atoms with van der Waals surface area (Å²) in [6.45, 7) is 8.41. The van der Waals surface area contributed by atoms with Gasteiger partial charge in [0.05, 0.1) is 18.6 Å². The van der Waals surface area contributed by atoms with Gasteiger partial charge in [-0.05, 0) is 68.9 Å². The molecule has 1 saturated heterocycles. The van der Waals surface area contributed by atoms with Crippen molar-refractivity contribution in [2.75, 3.05) is 24.6 Å². The monoisotopic (exact) mass is 434 g/mol. The Labute approximate surface area is 191 Å². The highest BCUT2D eigenvalue weighted by atomic mass is 16.5. The molecule has 1 aliphatic heterocycles. The Balaban J connectivity index is 1.77. The average Bonchev–Trinajstić information content (AvgIpc) is 2.80. The number of esters is 1. The minimum absolute atomic E-state index is 0.0681. The number of benzene rings is 2. The Morgan fingerprint density at radius 3 is 2.41 bits per heavy atom. The molecule has 1 fully saturated rings. The van der Waals surface area contributed by atoms with Crippen molar-refractivity contribution >= 4 is 23.3 Å². The van der Waals surface area contributed by atoms with Crippen molar-refractivity contribution in [1.29, 1.82) is 0 Å². The quantitative estimate of drug-likeness (QED) is 0.575. The summed E-state index contributed by atoms with van der Waals surface area (Å²) in [5.41, 5.74) is 5.69. The second kappa shape index (κ2) is 11.5. The van der Waals surface area contributed by atoms with E-state index in [1.54, 1.807) is 19.1 Å². The number of ether oxygens (including phenoxy) is 1. The van der Waals surface area contributed by atoms with E-state index in [0.29, 0.717) is 12.2 Å². The zero-order chi connectivity index (χ0) is 22.9. The Hall–Kier alpha value is -3.08. The first-order valence-electron chi connectivity index (χ1n) is 11.6. The molecule has 0 aliphatic carbocycles. The fourth-order valence-corrected chi connectivity index (χ4v) is 4.17. The number of carbonyl (C=O) groups excluding carboxylic acids is 2. The van der Waals surface area contributed by atoms with Gasteiger partial charge in [0.1, 0.15) is 0 Å². The van der Waals surface area contributed by atoms with E-state index in [9.17, 15) is 9.59 Å². The molecule has 0 unspecified atom stereocenters. The van der Waals surface area contributed by atoms with E-state index < -0.39 is 0 Å². The number of aryl methyl sites for hydroxylation is 1. The van der Waals surface area contributed by atoms with E-state index >= 15 is 0 Å². The van der Waals surface area contributed by atoms with E-state index in [-0.39, 0.29) is 18.3 Å². The average molecular weight is 435 g/mol. The summed E-state index contributed by atoms with van der Waals surface area (Å²) in [5.74, 6) is -0.414. The number of carbonyl (C=O) groups is 2. The van der Waals surface area contributed by atoms with Crippen LogP contribution < -0.4 is 10.2 Å². The number of anilines is 1. The molecule has 0 bridgehead atoms. The molecule has 0 radical (unpaired) electrons. The summed E-state index contributed by atoms with van der Waals surface area (Å²) in [4.78, 5) is 27.2. The zero-order valence-corrected chi connectivity index (χ0v) is 19.4. The highest BCUT2D eigenvalue weighted by Crippen LogP contribution is 2.31. The zero-order valence-electron chi connectivity index (χ0n) is 19.4. The van der Waals surface area contributed by atoms with E-state index in [2.05, 4.69) is 48.3 Å². The van der Waals surface area contributed by atoms with Crippen molar-refractivity contribution in [1.82, 2.24) is 5.32 Å². The molecule has 1 aliphatic rings. The highest BCUT2D eigenvalue weighted by Gasteiger charge is 2.19. The molecule has 5 heteroatoms. The summed E-state index contributed by atoms with van der Waals surface area (Å²) >= 11 is 0. The summed E-state index contributed by atoms with van der Waals surface area (Å²) in [5, 5.41) is 3.16. The van der Waals surface area contributed by atoms with Crippen molar-refractivity contribution < 1.29 is 14.3 Å². The molecular weight excluding hydrogens is 400 g/mol. The molecule has 170 valence electrons. The van der Waals surface area contributed by atoms with Crippen molar-refractivity contribution in [3.8, 4) is 0 Å². The molecule has 0 saturated carbocycles. The number of amides is 1. The Kier molecular flexibility index (Phi) is 8.48. The SMILES string of the molecule is CCC=C(NC(=O)Cc1ccc(C(=O)OCC)cc1)c1c(C)cccc1N1CCCCC1. The number of rotatable bonds is 8. The number of nitrogens with one attached hydrogen (secondary N) is 1. The maximum Gasteiger partial charge on any atom is 0.338 e. The van der Waals surface area contributed by atoms with Gasteiger partial charge in [0.25, 0.3) is 0 Å². The first-order valence-corrected chi connectivity index (χ1v) is 11.6. The number of nitrogens with zero attached hydrogens (tertiary/aromatic N) is 1. The number of hydrogen-bond donors (Lipinski definition) is 1. The first-order chi connectivity index (χ1) is 15.5. The molecular formula is C27H34N2O3. The predicted molar refractivity (Wildman–Crippen MR) is 130 cm³/mol. The van der Waals surface area contributed by atoms with Crippen LogP contribution in [0.15, 0.2) is 48.5 Å². The lowest BCUT2D eigenvalue weighted by atomic mass is 9.99. The third-order valence-electron chi connectivity index (χ3n) is 5.73. The Morgan fingerprint density at radius 2 is 1.75 bits per heavy atom. The lowest BCUT2D eigenvalue weighted by Gasteiger charge is -2.32. The van der Waals surface area contributed by atoms with E-state index in [0.717, 1.165) is 41.9 Å². The van der Waals surface area contributed by atoms with E-state index in [4.69, 9.17) is 4.74 Å². The normalized spacial score (nSPS) is 14.2. The minimum atomic E-state index is -0.346. The van der Waals surface area contributed by atoms with Gasteiger partial charge in [-0.3, -0.25) is 4.79 Å². The van der Waals surface area contributed by atoms with Crippen molar-refractivity contribution in [3.63, 3.8) is 0 Å². The van der Waals surface area contributed by atoms with Crippen LogP contribution in [0.5, 0.6) is 0 Å². The van der Waals surface area contributed by atoms with Crippen molar-refractivity contribution in [2.24, 2.45) is 0 Å². The molecule has 1 heterocycles. The lowest BCUT2D eigenvalue weighted by molar-refractivity contribution is -0.119. The molecule has 2 aromatic rings. The molecule has 0 atom stereocenters. The smallest absolute Gasteiger partial charge is 0.338 e. The number of piperidine rings is 1. The van der Waals surface area contributed by atoms with Gasteiger partial charge < -0.3 is 15.0 Å². The Bertz CT molecular complexity index is 957. The van der Waals surface area contributed by atoms with E-state index in [1.165, 1.54) is 24.9 Å².